The van der Waals surface area contributed by atoms with Gasteiger partial charge in [-0.15, -0.1) is 0 Å². The Morgan fingerprint density at radius 2 is 1.67 bits per heavy atom. The lowest BCUT2D eigenvalue weighted by atomic mass is 9.77. The Balaban J connectivity index is 1.46. The number of hydrogen-bond donors (Lipinski definition) is 2. The molecule has 0 bridgehead atoms. The topological polar surface area (TPSA) is 62.7 Å². The number of rotatable bonds is 2. The summed E-state index contributed by atoms with van der Waals surface area (Å²) in [5, 5.41) is 4.70. The number of nitrogens with one attached hydrogen (secondary N) is 2. The summed E-state index contributed by atoms with van der Waals surface area (Å²) in [6.45, 7) is 0. The number of Topliss-reactive ketones (excluding diaryl/α,β-unsaturated/α-hetero) is 1. The predicted molar refractivity (Wildman–Crippen MR) is 130 cm³/mol. The summed E-state index contributed by atoms with van der Waals surface area (Å²) in [6, 6.07) is 26.6. The Kier molecular flexibility index (Phi) is 3.88. The second kappa shape index (κ2) is 6.94. The van der Waals surface area contributed by atoms with E-state index in [-0.39, 0.29) is 17.7 Å². The SMILES string of the molecule is O=C1CC(c2ccccc2)CC2=C1C(c1c[nH]c3ccccc13)n1c(nc3ccccc31)N2. The largest absolute Gasteiger partial charge is 0.361 e. The van der Waals surface area contributed by atoms with Crippen LogP contribution >= 0.6 is 0 Å². The number of carbonyl (C=O) groups is 1. The van der Waals surface area contributed by atoms with Crippen LogP contribution in [0.25, 0.3) is 21.9 Å². The Morgan fingerprint density at radius 1 is 0.879 bits per heavy atom. The molecule has 0 radical (unpaired) electrons. The first-order valence-corrected chi connectivity index (χ1v) is 11.4. The van der Waals surface area contributed by atoms with Gasteiger partial charge in [-0.2, -0.15) is 0 Å². The van der Waals surface area contributed by atoms with Crippen LogP contribution in [0.15, 0.2) is 96.3 Å². The number of imidazole rings is 1. The molecule has 33 heavy (non-hydrogen) atoms. The van der Waals surface area contributed by atoms with Crippen LogP contribution < -0.4 is 5.32 Å². The van der Waals surface area contributed by atoms with Crippen LogP contribution in [0.2, 0.25) is 0 Å². The van der Waals surface area contributed by atoms with Gasteiger partial charge in [0.15, 0.2) is 5.78 Å². The second-order valence-corrected chi connectivity index (χ2v) is 8.94. The summed E-state index contributed by atoms with van der Waals surface area (Å²) in [6.07, 6.45) is 3.37. The number of fused-ring (bicyclic) bond motifs is 4. The Labute approximate surface area is 190 Å². The van der Waals surface area contributed by atoms with Gasteiger partial charge in [0.2, 0.25) is 5.95 Å². The molecule has 3 heterocycles. The number of hydrogen-bond acceptors (Lipinski definition) is 3. The molecule has 2 aliphatic rings. The first kappa shape index (κ1) is 18.5. The summed E-state index contributed by atoms with van der Waals surface area (Å²) < 4.78 is 2.20. The highest BCUT2D eigenvalue weighted by Crippen LogP contribution is 2.47. The molecule has 0 spiro atoms. The molecule has 3 aromatic carbocycles. The third-order valence-electron chi connectivity index (χ3n) is 7.08. The molecule has 2 unspecified atom stereocenters. The number of H-pyrrole nitrogens is 1. The van der Waals surface area contributed by atoms with Crippen molar-refractivity contribution in [2.24, 2.45) is 0 Å². The maximum atomic E-state index is 13.8. The van der Waals surface area contributed by atoms with E-state index in [1.54, 1.807) is 0 Å². The van der Waals surface area contributed by atoms with Gasteiger partial charge in [-0.3, -0.25) is 9.36 Å². The van der Waals surface area contributed by atoms with Crippen LogP contribution in [0.3, 0.4) is 0 Å². The number of para-hydroxylation sites is 3. The van der Waals surface area contributed by atoms with Crippen molar-refractivity contribution in [1.82, 2.24) is 14.5 Å². The molecular formula is C28H22N4O. The number of anilines is 1. The van der Waals surface area contributed by atoms with E-state index < -0.39 is 0 Å². The molecule has 1 aliphatic heterocycles. The fourth-order valence-electron chi connectivity index (χ4n) is 5.60. The smallest absolute Gasteiger partial charge is 0.209 e. The fraction of sp³-hybridized carbons (Fsp3) is 0.143. The van der Waals surface area contributed by atoms with Crippen LogP contribution in [0.5, 0.6) is 0 Å². The van der Waals surface area contributed by atoms with Crippen molar-refractivity contribution >= 4 is 33.7 Å². The number of allylic oxidation sites excluding steroid dienone is 2. The van der Waals surface area contributed by atoms with E-state index in [0.29, 0.717) is 6.42 Å². The zero-order valence-corrected chi connectivity index (χ0v) is 18.0. The maximum Gasteiger partial charge on any atom is 0.209 e. The number of aromatic nitrogens is 3. The normalized spacial score (nSPS) is 20.1. The van der Waals surface area contributed by atoms with Crippen molar-refractivity contribution in [3.63, 3.8) is 0 Å². The van der Waals surface area contributed by atoms with E-state index >= 15 is 0 Å². The second-order valence-electron chi connectivity index (χ2n) is 8.94. The number of nitrogens with zero attached hydrogens (tertiary/aromatic N) is 2. The Morgan fingerprint density at radius 3 is 2.58 bits per heavy atom. The van der Waals surface area contributed by atoms with Crippen molar-refractivity contribution in [1.29, 1.82) is 0 Å². The summed E-state index contributed by atoms with van der Waals surface area (Å²) in [5.74, 6) is 1.17. The van der Waals surface area contributed by atoms with E-state index in [1.165, 1.54) is 5.56 Å². The number of benzene rings is 3. The predicted octanol–water partition coefficient (Wildman–Crippen LogP) is 5.93. The van der Waals surface area contributed by atoms with Crippen molar-refractivity contribution < 1.29 is 4.79 Å². The molecule has 0 saturated heterocycles. The fourth-order valence-corrected chi connectivity index (χ4v) is 5.60. The lowest BCUT2D eigenvalue weighted by Crippen LogP contribution is -2.33. The lowest BCUT2D eigenvalue weighted by molar-refractivity contribution is -0.116. The molecule has 2 N–H and O–H groups in total. The van der Waals surface area contributed by atoms with Crippen molar-refractivity contribution in [3.8, 4) is 0 Å². The van der Waals surface area contributed by atoms with Gasteiger partial charge in [0.1, 0.15) is 0 Å². The first-order valence-electron chi connectivity index (χ1n) is 11.4. The molecule has 160 valence electrons. The molecule has 5 aromatic rings. The number of aromatic amines is 1. The quantitative estimate of drug-likeness (QED) is 0.365. The summed E-state index contributed by atoms with van der Waals surface area (Å²) in [4.78, 5) is 22.1. The number of ketones is 1. The van der Waals surface area contributed by atoms with Gasteiger partial charge in [0.25, 0.3) is 0 Å². The maximum absolute atomic E-state index is 13.8. The number of carbonyl (C=O) groups excluding carboxylic acids is 1. The van der Waals surface area contributed by atoms with Crippen LogP contribution in [0.4, 0.5) is 5.95 Å². The van der Waals surface area contributed by atoms with Gasteiger partial charge in [0.05, 0.1) is 17.1 Å². The van der Waals surface area contributed by atoms with Gasteiger partial charge in [-0.1, -0.05) is 60.7 Å². The Hall–Kier alpha value is -4.12. The molecule has 5 nitrogen and oxygen atoms in total. The minimum absolute atomic E-state index is 0.171. The highest BCUT2D eigenvalue weighted by atomic mass is 16.1. The van der Waals surface area contributed by atoms with Crippen LogP contribution in [-0.2, 0) is 4.79 Å². The van der Waals surface area contributed by atoms with Crippen molar-refractivity contribution in [2.75, 3.05) is 5.32 Å². The van der Waals surface area contributed by atoms with Crippen molar-refractivity contribution in [3.05, 3.63) is 107 Å². The lowest BCUT2D eigenvalue weighted by Gasteiger charge is -2.36. The summed E-state index contributed by atoms with van der Waals surface area (Å²) in [5.41, 5.74) is 7.21. The third-order valence-corrected chi connectivity index (χ3v) is 7.08. The monoisotopic (exact) mass is 430 g/mol. The summed E-state index contributed by atoms with van der Waals surface area (Å²) >= 11 is 0. The zero-order chi connectivity index (χ0) is 21.9. The molecular weight excluding hydrogens is 408 g/mol. The molecule has 0 fully saturated rings. The average molecular weight is 431 g/mol. The van der Waals surface area contributed by atoms with E-state index in [0.717, 1.165) is 51.1 Å². The molecule has 2 aromatic heterocycles. The highest BCUT2D eigenvalue weighted by molar-refractivity contribution is 6.02. The van der Waals surface area contributed by atoms with E-state index in [4.69, 9.17) is 4.98 Å². The van der Waals surface area contributed by atoms with Gasteiger partial charge < -0.3 is 10.3 Å². The molecule has 1 aliphatic carbocycles. The van der Waals surface area contributed by atoms with Crippen LogP contribution in [-0.4, -0.2) is 20.3 Å². The van der Waals surface area contributed by atoms with Gasteiger partial charge in [-0.05, 0) is 36.1 Å². The van der Waals surface area contributed by atoms with E-state index in [1.807, 2.05) is 42.5 Å². The van der Waals surface area contributed by atoms with Crippen LogP contribution in [0, 0.1) is 0 Å². The van der Waals surface area contributed by atoms with Crippen molar-refractivity contribution in [2.45, 2.75) is 24.8 Å². The van der Waals surface area contributed by atoms with E-state index in [9.17, 15) is 4.79 Å². The standard InChI is InChI=1S/C28H22N4O/c33-25-15-18(17-8-2-1-3-9-17)14-23-26(25)27(20-16-29-21-11-5-4-10-19(20)21)32-24-13-7-6-12-22(24)30-28(32)31-23/h1-13,16,18,27,29H,14-15H2,(H,30,31). The summed E-state index contributed by atoms with van der Waals surface area (Å²) in [7, 11) is 0. The Bertz CT molecular complexity index is 1570. The molecule has 0 saturated carbocycles. The van der Waals surface area contributed by atoms with Gasteiger partial charge in [-0.25, -0.2) is 4.98 Å². The zero-order valence-electron chi connectivity index (χ0n) is 18.0. The average Bonchev–Trinajstić information content (AvgIpc) is 3.44. The third kappa shape index (κ3) is 2.72. The highest BCUT2D eigenvalue weighted by Gasteiger charge is 2.40. The van der Waals surface area contributed by atoms with Gasteiger partial charge in [0, 0.05) is 40.4 Å². The first-order chi connectivity index (χ1) is 16.3. The molecule has 0 amide bonds. The van der Waals surface area contributed by atoms with Gasteiger partial charge >= 0.3 is 0 Å². The molecule has 2 atom stereocenters. The van der Waals surface area contributed by atoms with E-state index in [2.05, 4.69) is 57.5 Å². The molecule has 5 heteroatoms. The minimum atomic E-state index is -0.218. The van der Waals surface area contributed by atoms with Crippen LogP contribution in [0.1, 0.15) is 35.9 Å². The minimum Gasteiger partial charge on any atom is -0.361 e. The molecule has 7 rings (SSSR count).